The zero-order valence-electron chi connectivity index (χ0n) is 19.0. The molecule has 9 heteroatoms. The second-order valence-electron chi connectivity index (χ2n) is 8.75. The number of hydrogen-bond acceptors (Lipinski definition) is 7. The highest BCUT2D eigenvalue weighted by Gasteiger charge is 2.35. The van der Waals surface area contributed by atoms with E-state index in [0.717, 1.165) is 44.0 Å². The molecule has 3 aliphatic rings. The number of ether oxygens (including phenoxy) is 2. The van der Waals surface area contributed by atoms with Crippen molar-refractivity contribution in [3.05, 3.63) is 64.7 Å². The van der Waals surface area contributed by atoms with Crippen LogP contribution in [-0.4, -0.2) is 65.5 Å². The molecule has 2 amide bonds. The molecule has 0 saturated carbocycles. The molecule has 3 heterocycles. The molecule has 0 bridgehead atoms. The third-order valence-electron chi connectivity index (χ3n) is 6.38. The number of morpholine rings is 1. The Morgan fingerprint density at radius 1 is 0.941 bits per heavy atom. The van der Waals surface area contributed by atoms with Crippen LogP contribution < -0.4 is 10.1 Å². The quantitative estimate of drug-likeness (QED) is 0.480. The lowest BCUT2D eigenvalue weighted by Gasteiger charge is -2.27. The molecule has 1 N–H and O–H groups in total. The van der Waals surface area contributed by atoms with Crippen molar-refractivity contribution in [2.24, 2.45) is 0 Å². The zero-order valence-corrected chi connectivity index (χ0v) is 19.9. The fourth-order valence-corrected chi connectivity index (χ4v) is 6.87. The first-order valence-corrected chi connectivity index (χ1v) is 13.1. The van der Waals surface area contributed by atoms with E-state index in [0.29, 0.717) is 30.2 Å². The number of hydrogen-bond donors (Lipinski definition) is 2. The van der Waals surface area contributed by atoms with Gasteiger partial charge in [-0.25, -0.2) is 0 Å². The van der Waals surface area contributed by atoms with Gasteiger partial charge in [0.15, 0.2) is 0 Å². The Labute approximate surface area is 201 Å². The largest absolute Gasteiger partial charge is 0.489 e. The molecule has 180 valence electrons. The number of nitrogens with one attached hydrogen (secondary N) is 1. The summed E-state index contributed by atoms with van der Waals surface area (Å²) in [4.78, 5) is 39.2. The van der Waals surface area contributed by atoms with Gasteiger partial charge in [0.2, 0.25) is 16.9 Å². The SMILES string of the molecule is O=C1CCN([SH]2Cc3c(OCc4ccc(CN5CCOCC5)cc4)cccc3C2=O)CC(=O)N1. The molecule has 5 rings (SSSR count). The minimum absolute atomic E-state index is 0.0464. The Morgan fingerprint density at radius 2 is 1.71 bits per heavy atom. The van der Waals surface area contributed by atoms with Crippen LogP contribution in [0, 0.1) is 0 Å². The predicted octanol–water partition coefficient (Wildman–Crippen LogP) is 2.02. The molecule has 0 aliphatic carbocycles. The molecule has 34 heavy (non-hydrogen) atoms. The lowest BCUT2D eigenvalue weighted by Crippen LogP contribution is -2.35. The van der Waals surface area contributed by atoms with E-state index in [2.05, 4.69) is 34.5 Å². The fraction of sp³-hybridized carbons (Fsp3) is 0.400. The monoisotopic (exact) mass is 483 g/mol. The summed E-state index contributed by atoms with van der Waals surface area (Å²) in [5, 5.41) is 2.40. The third kappa shape index (κ3) is 5.17. The predicted molar refractivity (Wildman–Crippen MR) is 130 cm³/mol. The number of carbonyl (C=O) groups excluding carboxylic acids is 3. The number of benzene rings is 2. The zero-order chi connectivity index (χ0) is 23.5. The maximum atomic E-state index is 13.1. The van der Waals surface area contributed by atoms with Crippen LogP contribution in [0.15, 0.2) is 42.5 Å². The van der Waals surface area contributed by atoms with Crippen molar-refractivity contribution in [2.45, 2.75) is 25.3 Å². The normalized spacial score (nSPS) is 22.8. The summed E-state index contributed by atoms with van der Waals surface area (Å²) in [6.07, 6.45) is 0.221. The van der Waals surface area contributed by atoms with Gasteiger partial charge in [-0.15, -0.1) is 11.1 Å². The van der Waals surface area contributed by atoms with Crippen molar-refractivity contribution in [3.63, 3.8) is 0 Å². The van der Waals surface area contributed by atoms with Crippen LogP contribution in [0.25, 0.3) is 0 Å². The number of rotatable bonds is 6. The van der Waals surface area contributed by atoms with Crippen molar-refractivity contribution in [2.75, 3.05) is 39.4 Å². The van der Waals surface area contributed by atoms with Crippen LogP contribution in [0.1, 0.15) is 33.5 Å². The van der Waals surface area contributed by atoms with Gasteiger partial charge >= 0.3 is 0 Å². The van der Waals surface area contributed by atoms with Crippen LogP contribution in [0.5, 0.6) is 5.75 Å². The Balaban J connectivity index is 1.23. The van der Waals surface area contributed by atoms with Crippen molar-refractivity contribution < 1.29 is 23.9 Å². The molecule has 3 aliphatic heterocycles. The highest BCUT2D eigenvalue weighted by molar-refractivity contribution is 8.28. The number of carbonyl (C=O) groups is 3. The van der Waals surface area contributed by atoms with Gasteiger partial charge in [0, 0.05) is 49.5 Å². The van der Waals surface area contributed by atoms with E-state index in [1.54, 1.807) is 0 Å². The molecule has 2 aromatic rings. The van der Waals surface area contributed by atoms with Gasteiger partial charge in [0.05, 0.1) is 19.8 Å². The molecular weight excluding hydrogens is 454 g/mol. The molecule has 2 saturated heterocycles. The minimum Gasteiger partial charge on any atom is -0.489 e. The van der Waals surface area contributed by atoms with E-state index in [9.17, 15) is 14.4 Å². The summed E-state index contributed by atoms with van der Waals surface area (Å²) >= 11 is -1.22. The van der Waals surface area contributed by atoms with Gasteiger partial charge < -0.3 is 9.47 Å². The number of thiol groups is 1. The first-order chi connectivity index (χ1) is 16.6. The van der Waals surface area contributed by atoms with E-state index in [1.807, 2.05) is 22.5 Å². The van der Waals surface area contributed by atoms with Crippen molar-refractivity contribution >= 4 is 28.0 Å². The summed E-state index contributed by atoms with van der Waals surface area (Å²) < 4.78 is 13.4. The van der Waals surface area contributed by atoms with Crippen LogP contribution >= 0.6 is 11.1 Å². The van der Waals surface area contributed by atoms with Gasteiger partial charge in [0.1, 0.15) is 12.4 Å². The van der Waals surface area contributed by atoms with E-state index >= 15 is 0 Å². The molecule has 1 atom stereocenters. The van der Waals surface area contributed by atoms with Gasteiger partial charge in [0.25, 0.3) is 0 Å². The first-order valence-electron chi connectivity index (χ1n) is 11.6. The second-order valence-corrected chi connectivity index (χ2v) is 10.8. The van der Waals surface area contributed by atoms with Crippen LogP contribution in [-0.2, 0) is 33.2 Å². The number of fused-ring (bicyclic) bond motifs is 1. The van der Waals surface area contributed by atoms with Crippen molar-refractivity contribution in [3.8, 4) is 5.75 Å². The Morgan fingerprint density at radius 3 is 2.50 bits per heavy atom. The summed E-state index contributed by atoms with van der Waals surface area (Å²) in [5.74, 6) is 0.622. The molecule has 2 aromatic carbocycles. The van der Waals surface area contributed by atoms with E-state index in [1.165, 1.54) is 5.56 Å². The van der Waals surface area contributed by atoms with Gasteiger partial charge in [-0.1, -0.05) is 30.3 Å². The summed E-state index contributed by atoms with van der Waals surface area (Å²) in [6.45, 7) is 5.33. The second kappa shape index (κ2) is 10.3. The third-order valence-corrected chi connectivity index (χ3v) is 8.73. The van der Waals surface area contributed by atoms with Crippen LogP contribution in [0.2, 0.25) is 0 Å². The molecule has 0 radical (unpaired) electrons. The number of imide groups is 1. The highest BCUT2D eigenvalue weighted by atomic mass is 32.2. The standard InChI is InChI=1S/C25H29N3O5S/c29-23-8-9-28(15-24(30)26-23)34-17-21-20(25(34)31)2-1-3-22(21)33-16-19-6-4-18(5-7-19)14-27-10-12-32-13-11-27/h1-7,34H,8-17H2,(H,26,29,30). The topological polar surface area (TPSA) is 88.2 Å². The van der Waals surface area contributed by atoms with Crippen molar-refractivity contribution in [1.29, 1.82) is 0 Å². The smallest absolute Gasteiger partial charge is 0.241 e. The fourth-order valence-electron chi connectivity index (χ4n) is 4.51. The van der Waals surface area contributed by atoms with Crippen LogP contribution in [0.4, 0.5) is 0 Å². The lowest BCUT2D eigenvalue weighted by molar-refractivity contribution is -0.128. The van der Waals surface area contributed by atoms with Crippen LogP contribution in [0.3, 0.4) is 0 Å². The van der Waals surface area contributed by atoms with E-state index < -0.39 is 11.1 Å². The minimum atomic E-state index is -1.22. The Kier molecular flexibility index (Phi) is 6.96. The van der Waals surface area contributed by atoms with Gasteiger partial charge in [-0.05, 0) is 23.3 Å². The Hall–Kier alpha value is -2.72. The molecule has 2 fully saturated rings. The number of amides is 2. The maximum Gasteiger partial charge on any atom is 0.241 e. The van der Waals surface area contributed by atoms with E-state index in [4.69, 9.17) is 9.47 Å². The molecule has 0 spiro atoms. The highest BCUT2D eigenvalue weighted by Crippen LogP contribution is 2.48. The average Bonchev–Trinajstić information content (AvgIpc) is 3.08. The average molecular weight is 484 g/mol. The Bertz CT molecular complexity index is 1080. The van der Waals surface area contributed by atoms with Crippen molar-refractivity contribution in [1.82, 2.24) is 14.5 Å². The molecule has 0 aromatic heterocycles. The lowest BCUT2D eigenvalue weighted by atomic mass is 10.1. The molecule has 1 unspecified atom stereocenters. The summed E-state index contributed by atoms with van der Waals surface area (Å²) in [6, 6.07) is 14.0. The van der Waals surface area contributed by atoms with Gasteiger partial charge in [-0.3, -0.25) is 28.9 Å². The van der Waals surface area contributed by atoms with Gasteiger partial charge in [-0.2, -0.15) is 0 Å². The van der Waals surface area contributed by atoms with E-state index in [-0.39, 0.29) is 29.9 Å². The molecule has 8 nitrogen and oxygen atoms in total. The molecular formula is C25H29N3O5S. The summed E-state index contributed by atoms with van der Waals surface area (Å²) in [7, 11) is 0. The maximum absolute atomic E-state index is 13.1. The number of nitrogens with zero attached hydrogens (tertiary/aromatic N) is 2. The summed E-state index contributed by atoms with van der Waals surface area (Å²) in [5.41, 5.74) is 3.90. The first kappa shape index (κ1) is 23.0.